The number of aryl methyl sites for hydroxylation is 1. The molecule has 0 heterocycles. The number of benzene rings is 2. The molecule has 0 radical (unpaired) electrons. The average molecular weight is 255 g/mol. The minimum atomic E-state index is -0.464. The van der Waals surface area contributed by atoms with Crippen molar-refractivity contribution in [3.63, 3.8) is 0 Å². The second kappa shape index (κ2) is 5.89. The number of para-hydroxylation sites is 1. The lowest BCUT2D eigenvalue weighted by atomic mass is 10.1. The zero-order valence-electron chi connectivity index (χ0n) is 11.8. The largest absolute Gasteiger partial charge is 0.389 e. The number of aliphatic hydroxyl groups excluding tert-OH is 1. The predicted octanol–water partition coefficient (Wildman–Crippen LogP) is 4.07. The minimum absolute atomic E-state index is 0.464. The van der Waals surface area contributed by atoms with Crippen molar-refractivity contribution in [3.8, 4) is 0 Å². The molecule has 0 aliphatic carbocycles. The van der Waals surface area contributed by atoms with Gasteiger partial charge < -0.3 is 10.0 Å². The van der Waals surface area contributed by atoms with Gasteiger partial charge in [-0.2, -0.15) is 0 Å². The summed E-state index contributed by atoms with van der Waals surface area (Å²) in [6, 6.07) is 16.5. The number of aliphatic hydroxyl groups is 1. The van der Waals surface area contributed by atoms with Gasteiger partial charge in [-0.15, -0.1) is 0 Å². The summed E-state index contributed by atoms with van der Waals surface area (Å²) in [7, 11) is 2.03. The normalized spacial score (nSPS) is 12.2. The van der Waals surface area contributed by atoms with Gasteiger partial charge in [0.25, 0.3) is 0 Å². The lowest BCUT2D eigenvalue weighted by Gasteiger charge is -2.24. The molecule has 0 fully saturated rings. The van der Waals surface area contributed by atoms with Crippen LogP contribution in [0.3, 0.4) is 0 Å². The summed E-state index contributed by atoms with van der Waals surface area (Å²) in [5, 5.41) is 9.86. The third kappa shape index (κ3) is 2.96. The van der Waals surface area contributed by atoms with Crippen molar-refractivity contribution >= 4 is 11.4 Å². The highest BCUT2D eigenvalue weighted by atomic mass is 16.3. The monoisotopic (exact) mass is 255 g/mol. The van der Waals surface area contributed by atoms with E-state index in [1.54, 1.807) is 6.92 Å². The Labute approximate surface area is 115 Å². The number of anilines is 2. The highest BCUT2D eigenvalue weighted by molar-refractivity contribution is 5.66. The van der Waals surface area contributed by atoms with Crippen LogP contribution in [0.2, 0.25) is 0 Å². The number of rotatable bonds is 4. The van der Waals surface area contributed by atoms with Gasteiger partial charge in [0.1, 0.15) is 0 Å². The van der Waals surface area contributed by atoms with Crippen molar-refractivity contribution in [2.24, 2.45) is 0 Å². The van der Waals surface area contributed by atoms with E-state index in [1.807, 2.05) is 31.3 Å². The molecule has 0 saturated heterocycles. The summed E-state index contributed by atoms with van der Waals surface area (Å²) in [6.07, 6.45) is 0.586. The molecule has 100 valence electrons. The first kappa shape index (κ1) is 13.6. The SMILES string of the molecule is CCc1ccc(N(C)c2ccccc2[C@H](C)O)cc1. The Balaban J connectivity index is 2.35. The molecule has 0 amide bonds. The van der Waals surface area contributed by atoms with Crippen LogP contribution in [-0.4, -0.2) is 12.2 Å². The molecule has 2 aromatic rings. The first-order valence-electron chi connectivity index (χ1n) is 6.73. The average Bonchev–Trinajstić information content (AvgIpc) is 2.46. The summed E-state index contributed by atoms with van der Waals surface area (Å²) < 4.78 is 0. The molecule has 0 spiro atoms. The fraction of sp³-hybridized carbons (Fsp3) is 0.294. The molecule has 0 aromatic heterocycles. The van der Waals surface area contributed by atoms with Gasteiger partial charge in [-0.3, -0.25) is 0 Å². The van der Waals surface area contributed by atoms with E-state index in [1.165, 1.54) is 5.56 Å². The van der Waals surface area contributed by atoms with E-state index >= 15 is 0 Å². The van der Waals surface area contributed by atoms with Gasteiger partial charge in [-0.25, -0.2) is 0 Å². The van der Waals surface area contributed by atoms with Crippen molar-refractivity contribution in [2.75, 3.05) is 11.9 Å². The Morgan fingerprint density at radius 1 is 1.05 bits per heavy atom. The topological polar surface area (TPSA) is 23.5 Å². The molecular weight excluding hydrogens is 234 g/mol. The molecule has 2 nitrogen and oxygen atoms in total. The lowest BCUT2D eigenvalue weighted by molar-refractivity contribution is 0.200. The van der Waals surface area contributed by atoms with Crippen molar-refractivity contribution < 1.29 is 5.11 Å². The van der Waals surface area contributed by atoms with Crippen LogP contribution in [0.25, 0.3) is 0 Å². The molecule has 1 atom stereocenters. The molecule has 0 bridgehead atoms. The number of hydrogen-bond acceptors (Lipinski definition) is 2. The van der Waals surface area contributed by atoms with Gasteiger partial charge in [0.05, 0.1) is 6.10 Å². The van der Waals surface area contributed by atoms with Gasteiger partial charge >= 0.3 is 0 Å². The van der Waals surface area contributed by atoms with E-state index in [2.05, 4.69) is 36.1 Å². The van der Waals surface area contributed by atoms with Gasteiger partial charge in [-0.05, 0) is 37.1 Å². The minimum Gasteiger partial charge on any atom is -0.389 e. The zero-order chi connectivity index (χ0) is 13.8. The van der Waals surface area contributed by atoms with E-state index in [9.17, 15) is 5.11 Å². The predicted molar refractivity (Wildman–Crippen MR) is 81.0 cm³/mol. The second-order valence-corrected chi connectivity index (χ2v) is 4.81. The molecule has 2 rings (SSSR count). The third-order valence-electron chi connectivity index (χ3n) is 3.48. The van der Waals surface area contributed by atoms with E-state index < -0.39 is 6.10 Å². The van der Waals surface area contributed by atoms with Crippen molar-refractivity contribution in [3.05, 3.63) is 59.7 Å². The Hall–Kier alpha value is -1.80. The van der Waals surface area contributed by atoms with Crippen LogP contribution in [-0.2, 0) is 6.42 Å². The Bertz CT molecular complexity index is 531. The number of nitrogens with zero attached hydrogens (tertiary/aromatic N) is 1. The Morgan fingerprint density at radius 3 is 2.26 bits per heavy atom. The van der Waals surface area contributed by atoms with Gasteiger partial charge in [-0.1, -0.05) is 37.3 Å². The standard InChI is InChI=1S/C17H21NO/c1-4-14-9-11-15(12-10-14)18(3)17-8-6-5-7-16(17)13(2)19/h5-13,19H,4H2,1-3H3/t13-/m0/s1. The Kier molecular flexibility index (Phi) is 4.23. The molecule has 1 N–H and O–H groups in total. The smallest absolute Gasteiger partial charge is 0.0782 e. The highest BCUT2D eigenvalue weighted by Crippen LogP contribution is 2.30. The van der Waals surface area contributed by atoms with Gasteiger partial charge in [0.2, 0.25) is 0 Å². The van der Waals surface area contributed by atoms with Crippen LogP contribution >= 0.6 is 0 Å². The van der Waals surface area contributed by atoms with E-state index in [0.29, 0.717) is 0 Å². The lowest BCUT2D eigenvalue weighted by Crippen LogP contribution is -2.12. The van der Waals surface area contributed by atoms with E-state index in [-0.39, 0.29) is 0 Å². The fourth-order valence-electron chi connectivity index (χ4n) is 2.24. The first-order chi connectivity index (χ1) is 9.13. The summed E-state index contributed by atoms with van der Waals surface area (Å²) >= 11 is 0. The highest BCUT2D eigenvalue weighted by Gasteiger charge is 2.11. The van der Waals surface area contributed by atoms with Crippen LogP contribution in [0.4, 0.5) is 11.4 Å². The summed E-state index contributed by atoms with van der Waals surface area (Å²) in [6.45, 7) is 3.95. The maximum Gasteiger partial charge on any atom is 0.0782 e. The molecule has 2 aromatic carbocycles. The summed E-state index contributed by atoms with van der Waals surface area (Å²) in [4.78, 5) is 2.11. The molecule has 0 saturated carbocycles. The molecule has 0 unspecified atom stereocenters. The van der Waals surface area contributed by atoms with Crippen molar-refractivity contribution in [1.29, 1.82) is 0 Å². The molecule has 0 aliphatic rings. The summed E-state index contributed by atoms with van der Waals surface area (Å²) in [5.41, 5.74) is 4.46. The van der Waals surface area contributed by atoms with Crippen molar-refractivity contribution in [1.82, 2.24) is 0 Å². The molecule has 19 heavy (non-hydrogen) atoms. The quantitative estimate of drug-likeness (QED) is 0.890. The van der Waals surface area contributed by atoms with Gasteiger partial charge in [0.15, 0.2) is 0 Å². The van der Waals surface area contributed by atoms with Crippen LogP contribution in [0.1, 0.15) is 31.1 Å². The van der Waals surface area contributed by atoms with E-state index in [0.717, 1.165) is 23.4 Å². The zero-order valence-corrected chi connectivity index (χ0v) is 11.8. The number of hydrogen-bond donors (Lipinski definition) is 1. The van der Waals surface area contributed by atoms with E-state index in [4.69, 9.17) is 0 Å². The van der Waals surface area contributed by atoms with Crippen molar-refractivity contribution in [2.45, 2.75) is 26.4 Å². The maximum absolute atomic E-state index is 9.86. The Morgan fingerprint density at radius 2 is 1.68 bits per heavy atom. The van der Waals surface area contributed by atoms with Crippen LogP contribution in [0, 0.1) is 0 Å². The molecule has 0 aliphatic heterocycles. The van der Waals surface area contributed by atoms with Gasteiger partial charge in [0, 0.05) is 24.0 Å². The van der Waals surface area contributed by atoms with Crippen LogP contribution < -0.4 is 4.90 Å². The summed E-state index contributed by atoms with van der Waals surface area (Å²) in [5.74, 6) is 0. The first-order valence-corrected chi connectivity index (χ1v) is 6.73. The molecular formula is C17H21NO. The molecule has 2 heteroatoms. The maximum atomic E-state index is 9.86. The third-order valence-corrected chi connectivity index (χ3v) is 3.48. The fourth-order valence-corrected chi connectivity index (χ4v) is 2.24. The second-order valence-electron chi connectivity index (χ2n) is 4.81. The van der Waals surface area contributed by atoms with Crippen LogP contribution in [0.15, 0.2) is 48.5 Å². The van der Waals surface area contributed by atoms with Crippen LogP contribution in [0.5, 0.6) is 0 Å².